The minimum atomic E-state index is -0.427. The van der Waals surface area contributed by atoms with Gasteiger partial charge in [0.05, 0.1) is 16.6 Å². The third-order valence-corrected chi connectivity index (χ3v) is 2.09. The molecule has 0 spiro atoms. The zero-order chi connectivity index (χ0) is 10.8. The van der Waals surface area contributed by atoms with Gasteiger partial charge in [0.25, 0.3) is 5.69 Å². The van der Waals surface area contributed by atoms with Crippen LogP contribution in [0.1, 0.15) is 0 Å². The van der Waals surface area contributed by atoms with Crippen LogP contribution in [0, 0.1) is 10.1 Å². The Hall–Kier alpha value is -1.95. The van der Waals surface area contributed by atoms with E-state index < -0.39 is 4.92 Å². The molecule has 0 atom stereocenters. The van der Waals surface area contributed by atoms with Gasteiger partial charge in [-0.2, -0.15) is 5.10 Å². The zero-order valence-corrected chi connectivity index (χ0v) is 8.08. The highest BCUT2D eigenvalue weighted by atomic mass is 16.6. The van der Waals surface area contributed by atoms with E-state index in [0.717, 1.165) is 5.39 Å². The van der Waals surface area contributed by atoms with Crippen LogP contribution in [0.15, 0.2) is 24.4 Å². The second-order valence-electron chi connectivity index (χ2n) is 3.06. The van der Waals surface area contributed by atoms with Gasteiger partial charge in [-0.15, -0.1) is 0 Å². The van der Waals surface area contributed by atoms with Crippen LogP contribution in [0.4, 0.5) is 5.69 Å². The highest BCUT2D eigenvalue weighted by Crippen LogP contribution is 2.20. The third-order valence-electron chi connectivity index (χ3n) is 2.09. The van der Waals surface area contributed by atoms with Crippen LogP contribution in [0.25, 0.3) is 10.9 Å². The minimum Gasteiger partial charge on any atom is -0.362 e. The number of fused-ring (bicyclic) bond motifs is 1. The van der Waals surface area contributed by atoms with Crippen molar-refractivity contribution < 1.29 is 9.66 Å². The summed E-state index contributed by atoms with van der Waals surface area (Å²) in [6, 6.07) is 4.62. The summed E-state index contributed by atoms with van der Waals surface area (Å²) in [6.45, 7) is 0.282. The van der Waals surface area contributed by atoms with Crippen LogP contribution in [0.5, 0.6) is 0 Å². The molecular formula is C9H9N3O3. The Morgan fingerprint density at radius 3 is 3.07 bits per heavy atom. The van der Waals surface area contributed by atoms with Gasteiger partial charge in [0.1, 0.15) is 6.73 Å². The average Bonchev–Trinajstić information content (AvgIpc) is 2.61. The normalized spacial score (nSPS) is 10.7. The molecule has 0 N–H and O–H groups in total. The second-order valence-corrected chi connectivity index (χ2v) is 3.06. The molecule has 2 rings (SSSR count). The van der Waals surface area contributed by atoms with E-state index in [9.17, 15) is 10.1 Å². The van der Waals surface area contributed by atoms with Gasteiger partial charge in [-0.1, -0.05) is 0 Å². The maximum atomic E-state index is 10.6. The fourth-order valence-corrected chi connectivity index (χ4v) is 1.40. The number of rotatable bonds is 3. The smallest absolute Gasteiger partial charge is 0.271 e. The molecule has 0 amide bonds. The van der Waals surface area contributed by atoms with Gasteiger partial charge in [0.2, 0.25) is 0 Å². The molecule has 1 heterocycles. The Morgan fingerprint density at radius 2 is 2.40 bits per heavy atom. The van der Waals surface area contributed by atoms with Crippen LogP contribution in [0.2, 0.25) is 0 Å². The lowest BCUT2D eigenvalue weighted by Crippen LogP contribution is -2.01. The molecule has 2 aromatic rings. The SMILES string of the molecule is COCn1ncc2ccc([N+](=O)[O-])cc21. The molecule has 1 aromatic heterocycles. The fraction of sp³-hybridized carbons (Fsp3) is 0.222. The Balaban J connectivity index is 2.56. The minimum absolute atomic E-state index is 0.0559. The molecule has 0 aliphatic heterocycles. The second kappa shape index (κ2) is 3.66. The van der Waals surface area contributed by atoms with Gasteiger partial charge < -0.3 is 4.74 Å². The lowest BCUT2D eigenvalue weighted by atomic mass is 10.2. The van der Waals surface area contributed by atoms with Crippen molar-refractivity contribution in [2.75, 3.05) is 7.11 Å². The quantitative estimate of drug-likeness (QED) is 0.565. The summed E-state index contributed by atoms with van der Waals surface area (Å²) in [4.78, 5) is 10.2. The summed E-state index contributed by atoms with van der Waals surface area (Å²) in [6.07, 6.45) is 1.65. The van der Waals surface area contributed by atoms with Crippen molar-refractivity contribution in [3.8, 4) is 0 Å². The Bertz CT molecular complexity index is 506. The molecule has 0 aliphatic carbocycles. The summed E-state index contributed by atoms with van der Waals surface area (Å²) >= 11 is 0. The number of methoxy groups -OCH3 is 1. The van der Waals surface area contributed by atoms with Gasteiger partial charge in [-0.3, -0.25) is 10.1 Å². The first kappa shape index (κ1) is 9.60. The summed E-state index contributed by atoms with van der Waals surface area (Å²) < 4.78 is 6.50. The molecule has 1 aromatic carbocycles. The highest BCUT2D eigenvalue weighted by molar-refractivity contribution is 5.80. The molecule has 0 saturated heterocycles. The number of nitro groups is 1. The molecule has 0 fully saturated rings. The Labute approximate surface area is 85.2 Å². The van der Waals surface area contributed by atoms with E-state index in [-0.39, 0.29) is 12.4 Å². The predicted octanol–water partition coefficient (Wildman–Crippen LogP) is 1.55. The van der Waals surface area contributed by atoms with E-state index in [1.807, 2.05) is 0 Å². The number of hydrogen-bond donors (Lipinski definition) is 0. The average molecular weight is 207 g/mol. The van der Waals surface area contributed by atoms with Crippen molar-refractivity contribution in [1.82, 2.24) is 9.78 Å². The summed E-state index contributed by atoms with van der Waals surface area (Å²) in [7, 11) is 1.55. The standard InChI is InChI=1S/C9H9N3O3/c1-15-6-11-9-4-8(12(13)14)3-2-7(9)5-10-11/h2-5H,6H2,1H3. The van der Waals surface area contributed by atoms with Crippen LogP contribution in [0.3, 0.4) is 0 Å². The first-order valence-electron chi connectivity index (χ1n) is 4.31. The molecule has 0 radical (unpaired) electrons. The largest absolute Gasteiger partial charge is 0.362 e. The maximum Gasteiger partial charge on any atom is 0.271 e. The molecule has 0 aliphatic rings. The molecule has 6 nitrogen and oxygen atoms in total. The van der Waals surface area contributed by atoms with Gasteiger partial charge in [-0.05, 0) is 6.07 Å². The lowest BCUT2D eigenvalue weighted by molar-refractivity contribution is -0.384. The van der Waals surface area contributed by atoms with Gasteiger partial charge in [0, 0.05) is 24.6 Å². The van der Waals surface area contributed by atoms with Crippen molar-refractivity contribution in [2.24, 2.45) is 0 Å². The van der Waals surface area contributed by atoms with E-state index in [1.54, 1.807) is 24.1 Å². The molecule has 15 heavy (non-hydrogen) atoms. The van der Waals surface area contributed by atoms with E-state index in [0.29, 0.717) is 5.52 Å². The summed E-state index contributed by atoms with van der Waals surface area (Å²) in [5.41, 5.74) is 0.756. The van der Waals surface area contributed by atoms with Crippen LogP contribution < -0.4 is 0 Å². The van der Waals surface area contributed by atoms with Crippen molar-refractivity contribution in [2.45, 2.75) is 6.73 Å². The van der Waals surface area contributed by atoms with Crippen LogP contribution in [-0.2, 0) is 11.5 Å². The van der Waals surface area contributed by atoms with Crippen molar-refractivity contribution in [3.05, 3.63) is 34.5 Å². The van der Waals surface area contributed by atoms with E-state index in [4.69, 9.17) is 4.74 Å². The summed E-state index contributed by atoms with van der Waals surface area (Å²) in [5.74, 6) is 0. The van der Waals surface area contributed by atoms with Crippen molar-refractivity contribution >= 4 is 16.6 Å². The van der Waals surface area contributed by atoms with E-state index in [2.05, 4.69) is 5.10 Å². The highest BCUT2D eigenvalue weighted by Gasteiger charge is 2.09. The molecular weight excluding hydrogens is 198 g/mol. The maximum absolute atomic E-state index is 10.6. The van der Waals surface area contributed by atoms with E-state index in [1.165, 1.54) is 12.1 Å². The van der Waals surface area contributed by atoms with Crippen molar-refractivity contribution in [1.29, 1.82) is 0 Å². The van der Waals surface area contributed by atoms with Gasteiger partial charge in [0.15, 0.2) is 0 Å². The van der Waals surface area contributed by atoms with Crippen LogP contribution >= 0.6 is 0 Å². The molecule has 0 unspecified atom stereocenters. The number of aromatic nitrogens is 2. The monoisotopic (exact) mass is 207 g/mol. The number of nitrogens with zero attached hydrogens (tertiary/aromatic N) is 3. The van der Waals surface area contributed by atoms with Crippen molar-refractivity contribution in [3.63, 3.8) is 0 Å². The zero-order valence-electron chi connectivity index (χ0n) is 8.08. The topological polar surface area (TPSA) is 70.2 Å². The molecule has 0 saturated carbocycles. The first-order valence-corrected chi connectivity index (χ1v) is 4.31. The predicted molar refractivity (Wildman–Crippen MR) is 53.4 cm³/mol. The molecule has 0 bridgehead atoms. The summed E-state index contributed by atoms with van der Waals surface area (Å²) in [5, 5.41) is 15.5. The molecule has 78 valence electrons. The Kier molecular flexibility index (Phi) is 2.34. The van der Waals surface area contributed by atoms with E-state index >= 15 is 0 Å². The number of non-ortho nitro benzene ring substituents is 1. The van der Waals surface area contributed by atoms with Crippen LogP contribution in [-0.4, -0.2) is 21.8 Å². The number of benzene rings is 1. The first-order chi connectivity index (χ1) is 7.22. The number of nitro benzene ring substituents is 1. The fourth-order valence-electron chi connectivity index (χ4n) is 1.40. The lowest BCUT2D eigenvalue weighted by Gasteiger charge is -2.00. The van der Waals surface area contributed by atoms with Gasteiger partial charge in [-0.25, -0.2) is 4.68 Å². The van der Waals surface area contributed by atoms with Gasteiger partial charge >= 0.3 is 0 Å². The number of hydrogen-bond acceptors (Lipinski definition) is 4. The Morgan fingerprint density at radius 1 is 1.60 bits per heavy atom. The molecule has 6 heteroatoms. The number of ether oxygens (including phenoxy) is 1. The third kappa shape index (κ3) is 1.66.